The quantitative estimate of drug-likeness (QED) is 0.462. The summed E-state index contributed by atoms with van der Waals surface area (Å²) in [7, 11) is 1.54. The highest BCUT2D eigenvalue weighted by Crippen LogP contribution is 2.35. The van der Waals surface area contributed by atoms with E-state index in [9.17, 15) is 9.90 Å². The SMILES string of the molecule is CNC(=O)[C@@H](C)Oc1cc(Cl)c(Cc2ccc(O)c(-c3ccc(Cl)cc3)c2)c(Cl)c1. The second kappa shape index (κ2) is 9.61. The Balaban J connectivity index is 1.87. The number of amides is 1. The zero-order valence-electron chi connectivity index (χ0n) is 16.4. The Kier molecular flexibility index (Phi) is 7.14. The molecule has 30 heavy (non-hydrogen) atoms. The number of benzene rings is 3. The molecule has 0 aliphatic rings. The molecule has 0 fully saturated rings. The van der Waals surface area contributed by atoms with E-state index in [0.29, 0.717) is 32.8 Å². The second-order valence-corrected chi connectivity index (χ2v) is 8.03. The average molecular weight is 465 g/mol. The van der Waals surface area contributed by atoms with Gasteiger partial charge in [-0.05, 0) is 60.0 Å². The average Bonchev–Trinajstić information content (AvgIpc) is 2.72. The molecule has 0 unspecified atom stereocenters. The highest BCUT2D eigenvalue weighted by Gasteiger charge is 2.16. The van der Waals surface area contributed by atoms with Gasteiger partial charge in [0.2, 0.25) is 0 Å². The van der Waals surface area contributed by atoms with E-state index in [-0.39, 0.29) is 11.7 Å². The molecule has 3 rings (SSSR count). The van der Waals surface area contributed by atoms with Crippen molar-refractivity contribution >= 4 is 40.7 Å². The van der Waals surface area contributed by atoms with Gasteiger partial charge in [-0.2, -0.15) is 0 Å². The number of ether oxygens (including phenoxy) is 1. The molecule has 3 aromatic rings. The van der Waals surface area contributed by atoms with Crippen molar-refractivity contribution in [3.8, 4) is 22.6 Å². The lowest BCUT2D eigenvalue weighted by molar-refractivity contribution is -0.126. The van der Waals surface area contributed by atoms with Crippen LogP contribution in [0.5, 0.6) is 11.5 Å². The van der Waals surface area contributed by atoms with Crippen molar-refractivity contribution in [3.05, 3.63) is 80.8 Å². The lowest BCUT2D eigenvalue weighted by atomic mass is 9.98. The third kappa shape index (κ3) is 5.20. The number of halogens is 3. The van der Waals surface area contributed by atoms with Crippen LogP contribution in [-0.4, -0.2) is 24.2 Å². The fourth-order valence-corrected chi connectivity index (χ4v) is 3.76. The maximum absolute atomic E-state index is 11.7. The molecule has 1 amide bonds. The lowest BCUT2D eigenvalue weighted by Gasteiger charge is -2.16. The van der Waals surface area contributed by atoms with E-state index in [1.54, 1.807) is 44.3 Å². The van der Waals surface area contributed by atoms with Crippen LogP contribution < -0.4 is 10.1 Å². The number of phenolic OH excluding ortho intramolecular Hbond substituents is 1. The van der Waals surface area contributed by atoms with Crippen LogP contribution in [0.1, 0.15) is 18.1 Å². The molecule has 0 aliphatic carbocycles. The normalized spacial score (nSPS) is 11.8. The summed E-state index contributed by atoms with van der Waals surface area (Å²) in [4.78, 5) is 11.7. The zero-order chi connectivity index (χ0) is 21.8. The molecule has 2 N–H and O–H groups in total. The predicted octanol–water partition coefficient (Wildman–Crippen LogP) is 6.12. The van der Waals surface area contributed by atoms with Crippen LogP contribution in [0.15, 0.2) is 54.6 Å². The summed E-state index contributed by atoms with van der Waals surface area (Å²) in [5, 5.41) is 14.3. The largest absolute Gasteiger partial charge is 0.507 e. The van der Waals surface area contributed by atoms with Crippen LogP contribution in [0.3, 0.4) is 0 Å². The Bertz CT molecular complexity index is 1040. The number of aromatic hydroxyl groups is 1. The summed E-state index contributed by atoms with van der Waals surface area (Å²) in [5.74, 6) is 0.341. The number of nitrogens with one attached hydrogen (secondary N) is 1. The molecular weight excluding hydrogens is 445 g/mol. The monoisotopic (exact) mass is 463 g/mol. The molecule has 7 heteroatoms. The van der Waals surface area contributed by atoms with Gasteiger partial charge >= 0.3 is 0 Å². The van der Waals surface area contributed by atoms with Gasteiger partial charge < -0.3 is 15.2 Å². The highest BCUT2D eigenvalue weighted by atomic mass is 35.5. The van der Waals surface area contributed by atoms with Gasteiger partial charge in [-0.3, -0.25) is 4.79 Å². The number of hydrogen-bond acceptors (Lipinski definition) is 3. The lowest BCUT2D eigenvalue weighted by Crippen LogP contribution is -2.33. The molecule has 0 bridgehead atoms. The Morgan fingerprint density at radius 3 is 2.27 bits per heavy atom. The first-order valence-electron chi connectivity index (χ1n) is 9.22. The van der Waals surface area contributed by atoms with Crippen molar-refractivity contribution in [3.63, 3.8) is 0 Å². The topological polar surface area (TPSA) is 58.6 Å². The molecule has 0 radical (unpaired) electrons. The summed E-state index contributed by atoms with van der Waals surface area (Å²) in [6.45, 7) is 1.64. The molecular formula is C23H20Cl3NO3. The summed E-state index contributed by atoms with van der Waals surface area (Å²) in [6, 6.07) is 15.9. The third-order valence-electron chi connectivity index (χ3n) is 4.64. The number of phenols is 1. The van der Waals surface area contributed by atoms with Crippen molar-refractivity contribution in [1.82, 2.24) is 5.32 Å². The highest BCUT2D eigenvalue weighted by molar-refractivity contribution is 6.36. The Morgan fingerprint density at radius 2 is 1.67 bits per heavy atom. The van der Waals surface area contributed by atoms with Gasteiger partial charge in [0.15, 0.2) is 6.10 Å². The third-order valence-corrected chi connectivity index (χ3v) is 5.57. The number of carbonyl (C=O) groups is 1. The Hall–Kier alpha value is -2.40. The number of hydrogen-bond donors (Lipinski definition) is 2. The van der Waals surface area contributed by atoms with Crippen LogP contribution in [0, 0.1) is 0 Å². The summed E-state index contributed by atoms with van der Waals surface area (Å²) >= 11 is 18.9. The van der Waals surface area contributed by atoms with Crippen LogP contribution in [0.2, 0.25) is 15.1 Å². The van der Waals surface area contributed by atoms with Crippen molar-refractivity contribution in [2.45, 2.75) is 19.4 Å². The molecule has 0 spiro atoms. The maximum Gasteiger partial charge on any atom is 0.260 e. The van der Waals surface area contributed by atoms with E-state index in [0.717, 1.165) is 16.7 Å². The molecule has 1 atom stereocenters. The van der Waals surface area contributed by atoms with Gasteiger partial charge in [0, 0.05) is 34.1 Å². The molecule has 0 aliphatic heterocycles. The van der Waals surface area contributed by atoms with Crippen molar-refractivity contribution in [1.29, 1.82) is 0 Å². The van der Waals surface area contributed by atoms with E-state index in [1.807, 2.05) is 24.3 Å². The Morgan fingerprint density at radius 1 is 1.03 bits per heavy atom. The molecule has 4 nitrogen and oxygen atoms in total. The van der Waals surface area contributed by atoms with E-state index < -0.39 is 6.10 Å². The predicted molar refractivity (Wildman–Crippen MR) is 122 cm³/mol. The summed E-state index contributed by atoms with van der Waals surface area (Å²) in [5.41, 5.74) is 3.19. The molecule has 0 aromatic heterocycles. The van der Waals surface area contributed by atoms with E-state index in [1.165, 1.54) is 0 Å². The smallest absolute Gasteiger partial charge is 0.260 e. The number of rotatable bonds is 6. The summed E-state index contributed by atoms with van der Waals surface area (Å²) < 4.78 is 5.61. The van der Waals surface area contributed by atoms with Crippen molar-refractivity contribution < 1.29 is 14.6 Å². The molecule has 0 heterocycles. The first-order chi connectivity index (χ1) is 14.3. The first kappa shape index (κ1) is 22.3. The molecule has 3 aromatic carbocycles. The summed E-state index contributed by atoms with van der Waals surface area (Å²) in [6.07, 6.45) is -0.212. The minimum Gasteiger partial charge on any atom is -0.507 e. The molecule has 0 saturated carbocycles. The van der Waals surface area contributed by atoms with Gasteiger partial charge in [-0.1, -0.05) is 53.0 Å². The van der Waals surface area contributed by atoms with E-state index in [4.69, 9.17) is 39.5 Å². The van der Waals surface area contributed by atoms with Gasteiger partial charge in [-0.25, -0.2) is 0 Å². The van der Waals surface area contributed by atoms with Crippen LogP contribution in [-0.2, 0) is 11.2 Å². The number of carbonyl (C=O) groups excluding carboxylic acids is 1. The minimum atomic E-state index is -0.674. The van der Waals surface area contributed by atoms with Crippen LogP contribution in [0.4, 0.5) is 0 Å². The molecule has 156 valence electrons. The fourth-order valence-electron chi connectivity index (χ4n) is 3.04. The van der Waals surface area contributed by atoms with Gasteiger partial charge in [0.1, 0.15) is 11.5 Å². The standard InChI is InChI=1S/C23H20Cl3NO3/c1-13(23(29)27-2)30-17-11-20(25)19(21(26)12-17)10-14-3-8-22(28)18(9-14)15-4-6-16(24)7-5-15/h3-9,11-13,28H,10H2,1-2H3,(H,27,29)/t13-/m1/s1. The second-order valence-electron chi connectivity index (χ2n) is 6.77. The van der Waals surface area contributed by atoms with Crippen molar-refractivity contribution in [2.75, 3.05) is 7.05 Å². The Labute approximate surface area is 190 Å². The van der Waals surface area contributed by atoms with Crippen LogP contribution in [0.25, 0.3) is 11.1 Å². The van der Waals surface area contributed by atoms with Gasteiger partial charge in [-0.15, -0.1) is 0 Å². The van der Waals surface area contributed by atoms with Crippen molar-refractivity contribution in [2.24, 2.45) is 0 Å². The van der Waals surface area contributed by atoms with Crippen LogP contribution >= 0.6 is 34.8 Å². The maximum atomic E-state index is 11.7. The van der Waals surface area contributed by atoms with E-state index in [2.05, 4.69) is 5.32 Å². The number of likely N-dealkylation sites (N-methyl/N-ethyl adjacent to an activating group) is 1. The molecule has 0 saturated heterocycles. The minimum absolute atomic E-state index is 0.171. The van der Waals surface area contributed by atoms with Gasteiger partial charge in [0.05, 0.1) is 0 Å². The van der Waals surface area contributed by atoms with Gasteiger partial charge in [0.25, 0.3) is 5.91 Å². The first-order valence-corrected chi connectivity index (χ1v) is 10.4. The zero-order valence-corrected chi connectivity index (χ0v) is 18.6. The fraction of sp³-hybridized carbons (Fsp3) is 0.174. The van der Waals surface area contributed by atoms with E-state index >= 15 is 0 Å².